The van der Waals surface area contributed by atoms with E-state index >= 15 is 0 Å². The second kappa shape index (κ2) is 5.35. The van der Waals surface area contributed by atoms with E-state index in [1.807, 2.05) is 18.2 Å². The van der Waals surface area contributed by atoms with E-state index in [-0.39, 0.29) is 0 Å². The smallest absolute Gasteiger partial charge is 0.141 e. The highest BCUT2D eigenvalue weighted by atomic mass is 35.5. The molecule has 0 aliphatic heterocycles. The Kier molecular flexibility index (Phi) is 3.55. The quantitative estimate of drug-likeness (QED) is 0.619. The summed E-state index contributed by atoms with van der Waals surface area (Å²) in [6.07, 6.45) is 0. The number of benzene rings is 1. The lowest BCUT2D eigenvalue weighted by atomic mass is 10.1. The average molecular weight is 301 g/mol. The number of pyridine rings is 1. The summed E-state index contributed by atoms with van der Waals surface area (Å²) in [4.78, 5) is 10.8. The van der Waals surface area contributed by atoms with Crippen molar-refractivity contribution in [2.45, 2.75) is 6.92 Å². The van der Waals surface area contributed by atoms with Gasteiger partial charge in [0.2, 0.25) is 0 Å². The summed E-state index contributed by atoms with van der Waals surface area (Å²) in [5.41, 5.74) is 3.25. The molecule has 20 heavy (non-hydrogen) atoms. The molecule has 0 bridgehead atoms. The molecular weight excluding hydrogens is 288 g/mol. The summed E-state index contributed by atoms with van der Waals surface area (Å²) in [5, 5.41) is 1.69. The van der Waals surface area contributed by atoms with Gasteiger partial charge in [-0.25, -0.2) is 4.98 Å². The van der Waals surface area contributed by atoms with Crippen molar-refractivity contribution in [3.8, 4) is 11.3 Å². The Hall–Kier alpha value is -1.71. The van der Waals surface area contributed by atoms with E-state index in [4.69, 9.17) is 16.6 Å². The molecule has 0 aliphatic carbocycles. The number of aliphatic imine (C=N–C) groups is 1. The van der Waals surface area contributed by atoms with Crippen molar-refractivity contribution < 1.29 is 0 Å². The highest BCUT2D eigenvalue weighted by Crippen LogP contribution is 2.32. The SMILES string of the molecule is C/N=C(/Cl)c1sc2nc(-c3ccccc3)ccc2c1C. The number of hydrogen-bond donors (Lipinski definition) is 0. The van der Waals surface area contributed by atoms with Crippen molar-refractivity contribution in [2.75, 3.05) is 7.05 Å². The van der Waals surface area contributed by atoms with E-state index in [9.17, 15) is 0 Å². The maximum absolute atomic E-state index is 6.16. The second-order valence-electron chi connectivity index (χ2n) is 4.49. The van der Waals surface area contributed by atoms with Crippen LogP contribution in [-0.4, -0.2) is 17.2 Å². The minimum Gasteiger partial charge on any atom is -0.275 e. The van der Waals surface area contributed by atoms with Gasteiger partial charge in [-0.05, 0) is 24.6 Å². The zero-order valence-corrected chi connectivity index (χ0v) is 12.8. The van der Waals surface area contributed by atoms with E-state index in [0.717, 1.165) is 31.9 Å². The van der Waals surface area contributed by atoms with Crippen LogP contribution >= 0.6 is 22.9 Å². The van der Waals surface area contributed by atoms with Crippen molar-refractivity contribution in [1.82, 2.24) is 4.98 Å². The van der Waals surface area contributed by atoms with Crippen molar-refractivity contribution in [1.29, 1.82) is 0 Å². The highest BCUT2D eigenvalue weighted by Gasteiger charge is 2.13. The Morgan fingerprint density at radius 3 is 2.60 bits per heavy atom. The first-order chi connectivity index (χ1) is 9.70. The molecule has 2 nitrogen and oxygen atoms in total. The summed E-state index contributed by atoms with van der Waals surface area (Å²) < 4.78 is 0. The monoisotopic (exact) mass is 300 g/mol. The molecule has 0 saturated carbocycles. The predicted molar refractivity (Wildman–Crippen MR) is 88.1 cm³/mol. The molecule has 3 aromatic rings. The summed E-state index contributed by atoms with van der Waals surface area (Å²) in [6.45, 7) is 2.06. The van der Waals surface area contributed by atoms with E-state index in [1.54, 1.807) is 18.4 Å². The molecule has 0 fully saturated rings. The van der Waals surface area contributed by atoms with E-state index in [1.165, 1.54) is 0 Å². The van der Waals surface area contributed by atoms with Gasteiger partial charge in [0.25, 0.3) is 0 Å². The van der Waals surface area contributed by atoms with Gasteiger partial charge < -0.3 is 0 Å². The molecule has 0 aliphatic rings. The van der Waals surface area contributed by atoms with E-state index in [2.05, 4.69) is 36.2 Å². The third kappa shape index (κ3) is 2.23. The standard InChI is InChI=1S/C16H13ClN2S/c1-10-12-8-9-13(11-6-4-3-5-7-11)19-16(12)20-14(10)15(17)18-2/h3-9H,1-2H3/b18-15+. The number of halogens is 1. The Morgan fingerprint density at radius 2 is 1.90 bits per heavy atom. The molecule has 0 atom stereocenters. The van der Waals surface area contributed by atoms with Gasteiger partial charge in [0, 0.05) is 18.0 Å². The van der Waals surface area contributed by atoms with Crippen LogP contribution in [0.25, 0.3) is 21.5 Å². The number of aromatic nitrogens is 1. The Bertz CT molecular complexity index is 791. The summed E-state index contributed by atoms with van der Waals surface area (Å²) >= 11 is 7.75. The van der Waals surface area contributed by atoms with Gasteiger partial charge in [-0.2, -0.15) is 0 Å². The van der Waals surface area contributed by atoms with Gasteiger partial charge in [0.15, 0.2) is 0 Å². The number of aryl methyl sites for hydroxylation is 1. The minimum atomic E-state index is 0.548. The molecule has 3 rings (SSSR count). The first-order valence-corrected chi connectivity index (χ1v) is 7.48. The molecule has 1 aromatic carbocycles. The van der Waals surface area contributed by atoms with Gasteiger partial charge in [0.1, 0.15) is 10.0 Å². The molecule has 0 spiro atoms. The van der Waals surface area contributed by atoms with Gasteiger partial charge in [-0.15, -0.1) is 11.3 Å². The molecule has 0 N–H and O–H groups in total. The lowest BCUT2D eigenvalue weighted by molar-refractivity contribution is 1.42. The zero-order valence-electron chi connectivity index (χ0n) is 11.2. The number of rotatable bonds is 2. The molecule has 2 aromatic heterocycles. The maximum Gasteiger partial charge on any atom is 0.141 e. The van der Waals surface area contributed by atoms with Crippen molar-refractivity contribution >= 4 is 38.3 Å². The Balaban J connectivity index is 2.18. The first kappa shape index (κ1) is 13.3. The fraction of sp³-hybridized carbons (Fsp3) is 0.125. The number of thiophene rings is 1. The number of fused-ring (bicyclic) bond motifs is 1. The summed E-state index contributed by atoms with van der Waals surface area (Å²) in [7, 11) is 1.70. The lowest BCUT2D eigenvalue weighted by Crippen LogP contribution is -1.88. The minimum absolute atomic E-state index is 0.548. The third-order valence-electron chi connectivity index (χ3n) is 3.26. The first-order valence-electron chi connectivity index (χ1n) is 6.29. The van der Waals surface area contributed by atoms with Crippen LogP contribution in [0.2, 0.25) is 0 Å². The molecule has 0 radical (unpaired) electrons. The van der Waals surface area contributed by atoms with Crippen molar-refractivity contribution in [3.63, 3.8) is 0 Å². The topological polar surface area (TPSA) is 25.2 Å². The molecule has 0 unspecified atom stereocenters. The van der Waals surface area contributed by atoms with Gasteiger partial charge >= 0.3 is 0 Å². The van der Waals surface area contributed by atoms with Crippen LogP contribution in [0.1, 0.15) is 10.4 Å². The van der Waals surface area contributed by atoms with Crippen LogP contribution in [0, 0.1) is 6.92 Å². The van der Waals surface area contributed by atoms with Crippen LogP contribution in [0.5, 0.6) is 0 Å². The Labute approximate surface area is 126 Å². The fourth-order valence-electron chi connectivity index (χ4n) is 2.17. The predicted octanol–water partition coefficient (Wildman–Crippen LogP) is 4.89. The van der Waals surface area contributed by atoms with Crippen LogP contribution < -0.4 is 0 Å². The van der Waals surface area contributed by atoms with Crippen LogP contribution in [0.15, 0.2) is 47.5 Å². The summed E-state index contributed by atoms with van der Waals surface area (Å²) in [6, 6.07) is 14.3. The average Bonchev–Trinajstić information content (AvgIpc) is 2.84. The van der Waals surface area contributed by atoms with Crippen molar-refractivity contribution in [2.24, 2.45) is 4.99 Å². The van der Waals surface area contributed by atoms with Crippen molar-refractivity contribution in [3.05, 3.63) is 52.9 Å². The molecule has 0 amide bonds. The van der Waals surface area contributed by atoms with E-state index in [0.29, 0.717) is 5.17 Å². The highest BCUT2D eigenvalue weighted by molar-refractivity contribution is 7.22. The fourth-order valence-corrected chi connectivity index (χ4v) is 3.53. The zero-order chi connectivity index (χ0) is 14.1. The third-order valence-corrected chi connectivity index (χ3v) is 4.94. The molecule has 100 valence electrons. The molecular formula is C16H13ClN2S. The van der Waals surface area contributed by atoms with Crippen LogP contribution in [0.4, 0.5) is 0 Å². The maximum atomic E-state index is 6.16. The second-order valence-corrected chi connectivity index (χ2v) is 5.84. The summed E-state index contributed by atoms with van der Waals surface area (Å²) in [5.74, 6) is 0. The number of nitrogens with zero attached hydrogens (tertiary/aromatic N) is 2. The van der Waals surface area contributed by atoms with Gasteiger partial charge in [-0.3, -0.25) is 4.99 Å². The van der Waals surface area contributed by atoms with Crippen LogP contribution in [0.3, 0.4) is 0 Å². The normalized spacial score (nSPS) is 12.1. The molecule has 2 heterocycles. The molecule has 4 heteroatoms. The van der Waals surface area contributed by atoms with Crippen LogP contribution in [-0.2, 0) is 0 Å². The van der Waals surface area contributed by atoms with E-state index < -0.39 is 0 Å². The molecule has 0 saturated heterocycles. The number of hydrogen-bond acceptors (Lipinski definition) is 3. The van der Waals surface area contributed by atoms with Gasteiger partial charge in [-0.1, -0.05) is 41.9 Å². The lowest BCUT2D eigenvalue weighted by Gasteiger charge is -2.00. The Morgan fingerprint density at radius 1 is 1.15 bits per heavy atom. The van der Waals surface area contributed by atoms with Gasteiger partial charge in [0.05, 0.1) is 10.6 Å². The largest absolute Gasteiger partial charge is 0.275 e.